The van der Waals surface area contributed by atoms with E-state index in [0.717, 1.165) is 44.8 Å². The molecule has 0 aliphatic carbocycles. The molecule has 21 heavy (non-hydrogen) atoms. The zero-order chi connectivity index (χ0) is 15.5. The number of aliphatic imine (C=N–C) groups is 1. The van der Waals surface area contributed by atoms with Crippen molar-refractivity contribution < 1.29 is 4.74 Å². The molecule has 0 saturated carbocycles. The highest BCUT2D eigenvalue weighted by molar-refractivity contribution is 5.92. The lowest BCUT2D eigenvalue weighted by Crippen LogP contribution is -2.25. The summed E-state index contributed by atoms with van der Waals surface area (Å²) in [5.41, 5.74) is 8.17. The van der Waals surface area contributed by atoms with E-state index in [0.29, 0.717) is 5.96 Å². The lowest BCUT2D eigenvalue weighted by atomic mass is 10.1. The van der Waals surface area contributed by atoms with Crippen molar-refractivity contribution in [3.8, 4) is 0 Å². The van der Waals surface area contributed by atoms with Crippen LogP contribution in [0.15, 0.2) is 29.3 Å². The van der Waals surface area contributed by atoms with E-state index in [1.807, 2.05) is 12.1 Å². The number of hydrogen-bond acceptors (Lipinski definition) is 3. The number of ether oxygens (including phenoxy) is 1. The maximum atomic E-state index is 5.88. The third-order valence-electron chi connectivity index (χ3n) is 3.29. The molecule has 0 aromatic heterocycles. The van der Waals surface area contributed by atoms with Crippen LogP contribution in [0.25, 0.3) is 0 Å². The number of hydrogen-bond donors (Lipinski definition) is 2. The Balaban J connectivity index is 2.26. The molecule has 1 aromatic carbocycles. The van der Waals surface area contributed by atoms with Crippen LogP contribution in [0.5, 0.6) is 0 Å². The number of rotatable bonds is 9. The van der Waals surface area contributed by atoms with Gasteiger partial charge in [-0.25, -0.2) is 0 Å². The molecule has 0 heterocycles. The summed E-state index contributed by atoms with van der Waals surface area (Å²) in [5.74, 6) is 0.471. The van der Waals surface area contributed by atoms with Gasteiger partial charge in [-0.1, -0.05) is 19.1 Å². The van der Waals surface area contributed by atoms with Crippen LogP contribution in [0.4, 0.5) is 5.69 Å². The van der Waals surface area contributed by atoms with Gasteiger partial charge in [-0.3, -0.25) is 4.99 Å². The molecule has 1 aromatic rings. The van der Waals surface area contributed by atoms with Crippen LogP contribution in [0.1, 0.15) is 18.9 Å². The van der Waals surface area contributed by atoms with Crippen molar-refractivity contribution >= 4 is 11.6 Å². The Morgan fingerprint density at radius 1 is 1.29 bits per heavy atom. The maximum Gasteiger partial charge on any atom is 0.193 e. The molecule has 0 unspecified atom stereocenters. The Morgan fingerprint density at radius 2 is 2.00 bits per heavy atom. The van der Waals surface area contributed by atoms with E-state index in [1.165, 1.54) is 5.56 Å². The number of anilines is 1. The first kappa shape index (κ1) is 17.5. The molecule has 118 valence electrons. The number of aryl methyl sites for hydroxylation is 1. The standard InChI is InChI=1S/C16H28N4O/c1-4-14-6-8-15(9-7-14)19-16(17)18-10-5-11-20(2)12-13-21-3/h6-9H,4-5,10-13H2,1-3H3,(H3,17,18,19). The predicted octanol–water partition coefficient (Wildman–Crippen LogP) is 1.94. The number of benzene rings is 1. The molecule has 0 bridgehead atoms. The number of guanidine groups is 1. The normalized spacial score (nSPS) is 11.9. The van der Waals surface area contributed by atoms with Gasteiger partial charge in [-0.05, 0) is 44.1 Å². The molecule has 0 radical (unpaired) electrons. The third-order valence-corrected chi connectivity index (χ3v) is 3.29. The fraction of sp³-hybridized carbons (Fsp3) is 0.562. The zero-order valence-corrected chi connectivity index (χ0v) is 13.4. The number of nitrogens with zero attached hydrogens (tertiary/aromatic N) is 2. The average molecular weight is 292 g/mol. The Labute approximate surface area is 128 Å². The van der Waals surface area contributed by atoms with Crippen molar-refractivity contribution in [1.82, 2.24) is 4.90 Å². The molecule has 0 aliphatic rings. The van der Waals surface area contributed by atoms with Crippen molar-refractivity contribution in [1.29, 1.82) is 0 Å². The van der Waals surface area contributed by atoms with Crippen molar-refractivity contribution in [3.63, 3.8) is 0 Å². The van der Waals surface area contributed by atoms with E-state index in [2.05, 4.69) is 41.3 Å². The van der Waals surface area contributed by atoms with Crippen LogP contribution >= 0.6 is 0 Å². The van der Waals surface area contributed by atoms with Gasteiger partial charge in [0.15, 0.2) is 5.96 Å². The lowest BCUT2D eigenvalue weighted by molar-refractivity contribution is 0.161. The largest absolute Gasteiger partial charge is 0.383 e. The monoisotopic (exact) mass is 292 g/mol. The van der Waals surface area contributed by atoms with Crippen LogP contribution < -0.4 is 11.1 Å². The summed E-state index contributed by atoms with van der Waals surface area (Å²) in [5, 5.41) is 3.11. The highest BCUT2D eigenvalue weighted by atomic mass is 16.5. The van der Waals surface area contributed by atoms with Gasteiger partial charge >= 0.3 is 0 Å². The minimum Gasteiger partial charge on any atom is -0.383 e. The first-order valence-corrected chi connectivity index (χ1v) is 7.49. The van der Waals surface area contributed by atoms with E-state index in [9.17, 15) is 0 Å². The summed E-state index contributed by atoms with van der Waals surface area (Å²) in [4.78, 5) is 6.57. The minimum atomic E-state index is 0.471. The van der Waals surface area contributed by atoms with Crippen LogP contribution in [-0.2, 0) is 11.2 Å². The van der Waals surface area contributed by atoms with Gasteiger partial charge in [0.1, 0.15) is 0 Å². The molecule has 0 fully saturated rings. The second-order valence-corrected chi connectivity index (χ2v) is 5.09. The summed E-state index contributed by atoms with van der Waals surface area (Å²) in [6.07, 6.45) is 2.03. The Bertz CT molecular complexity index is 417. The van der Waals surface area contributed by atoms with Gasteiger partial charge in [-0.15, -0.1) is 0 Å². The van der Waals surface area contributed by atoms with Crippen molar-refractivity contribution in [2.45, 2.75) is 19.8 Å². The zero-order valence-electron chi connectivity index (χ0n) is 13.4. The Hall–Kier alpha value is -1.59. The molecule has 5 heteroatoms. The van der Waals surface area contributed by atoms with E-state index in [1.54, 1.807) is 7.11 Å². The van der Waals surface area contributed by atoms with Crippen LogP contribution in [-0.4, -0.2) is 51.3 Å². The molecule has 5 nitrogen and oxygen atoms in total. The highest BCUT2D eigenvalue weighted by Gasteiger charge is 1.98. The predicted molar refractivity (Wildman–Crippen MR) is 89.9 cm³/mol. The Morgan fingerprint density at radius 3 is 2.62 bits per heavy atom. The van der Waals surface area contributed by atoms with Gasteiger partial charge in [0.25, 0.3) is 0 Å². The maximum absolute atomic E-state index is 5.88. The second-order valence-electron chi connectivity index (χ2n) is 5.09. The van der Waals surface area contributed by atoms with Crippen molar-refractivity contribution in [3.05, 3.63) is 29.8 Å². The first-order valence-electron chi connectivity index (χ1n) is 7.49. The smallest absolute Gasteiger partial charge is 0.193 e. The second kappa shape index (κ2) is 10.2. The quantitative estimate of drug-likeness (QED) is 0.415. The summed E-state index contributed by atoms with van der Waals surface area (Å²) in [7, 11) is 3.80. The molecule has 0 spiro atoms. The van der Waals surface area contributed by atoms with Crippen LogP contribution in [0.3, 0.4) is 0 Å². The molecule has 0 amide bonds. The van der Waals surface area contributed by atoms with Gasteiger partial charge in [0.05, 0.1) is 6.61 Å². The Kier molecular flexibility index (Phi) is 8.47. The highest BCUT2D eigenvalue weighted by Crippen LogP contribution is 2.09. The van der Waals surface area contributed by atoms with E-state index in [4.69, 9.17) is 10.5 Å². The fourth-order valence-electron chi connectivity index (χ4n) is 1.91. The van der Waals surface area contributed by atoms with E-state index < -0.39 is 0 Å². The third kappa shape index (κ3) is 7.68. The lowest BCUT2D eigenvalue weighted by Gasteiger charge is -2.14. The summed E-state index contributed by atoms with van der Waals surface area (Å²) in [6, 6.07) is 8.25. The molecule has 0 atom stereocenters. The van der Waals surface area contributed by atoms with Crippen LogP contribution in [0.2, 0.25) is 0 Å². The molecular weight excluding hydrogens is 264 g/mol. The minimum absolute atomic E-state index is 0.471. The van der Waals surface area contributed by atoms with Crippen LogP contribution in [0, 0.1) is 0 Å². The van der Waals surface area contributed by atoms with Gasteiger partial charge in [0.2, 0.25) is 0 Å². The molecule has 0 aliphatic heterocycles. The molecule has 0 saturated heterocycles. The summed E-state index contributed by atoms with van der Waals surface area (Å²) in [6.45, 7) is 5.56. The van der Waals surface area contributed by atoms with E-state index in [-0.39, 0.29) is 0 Å². The average Bonchev–Trinajstić information content (AvgIpc) is 2.50. The first-order chi connectivity index (χ1) is 10.2. The number of likely N-dealkylation sites (N-methyl/N-ethyl adjacent to an activating group) is 1. The van der Waals surface area contributed by atoms with Gasteiger partial charge < -0.3 is 20.7 Å². The SMILES string of the molecule is CCc1ccc(NC(N)=NCCCN(C)CCOC)cc1. The fourth-order valence-corrected chi connectivity index (χ4v) is 1.91. The number of nitrogens with one attached hydrogen (secondary N) is 1. The number of nitrogens with two attached hydrogens (primary N) is 1. The topological polar surface area (TPSA) is 62.9 Å². The van der Waals surface area contributed by atoms with Crippen molar-refractivity contribution in [2.24, 2.45) is 10.7 Å². The molecule has 1 rings (SSSR count). The summed E-state index contributed by atoms with van der Waals surface area (Å²) < 4.78 is 5.04. The number of methoxy groups -OCH3 is 1. The summed E-state index contributed by atoms with van der Waals surface area (Å²) >= 11 is 0. The van der Waals surface area contributed by atoms with Gasteiger partial charge in [-0.2, -0.15) is 0 Å². The molecular formula is C16H28N4O. The molecule has 3 N–H and O–H groups in total. The van der Waals surface area contributed by atoms with Crippen molar-refractivity contribution in [2.75, 3.05) is 45.7 Å². The van der Waals surface area contributed by atoms with E-state index >= 15 is 0 Å². The van der Waals surface area contributed by atoms with Gasteiger partial charge in [0, 0.05) is 25.9 Å².